The average molecular weight is 2100 g/mol. The normalized spacial score (nSPS) is 19.8. The molecule has 0 spiro atoms. The Morgan fingerprint density at radius 2 is 0.419 bits per heavy atom. The van der Waals surface area contributed by atoms with E-state index in [9.17, 15) is 0 Å². The Balaban J connectivity index is 0.000000115. The van der Waals surface area contributed by atoms with Crippen molar-refractivity contribution in [3.05, 3.63) is 589 Å². The van der Waals surface area contributed by atoms with Gasteiger partial charge in [0, 0.05) is 15.9 Å². The van der Waals surface area contributed by atoms with Crippen molar-refractivity contribution >= 4 is 69.5 Å². The van der Waals surface area contributed by atoms with Gasteiger partial charge in [-0.25, -0.2) is 0 Å². The molecule has 12 aliphatic carbocycles. The molecule has 0 bridgehead atoms. The third-order valence-corrected chi connectivity index (χ3v) is 40.2. The number of halogens is 3. The molecular formula is C120H90Cl2IP3Zr3. The monoisotopic (exact) mass is 2090 g/mol. The average Bonchev–Trinajstić information content (AvgIpc) is 1.64. The molecule has 15 aliphatic rings. The van der Waals surface area contributed by atoms with Gasteiger partial charge in [-0.2, -0.15) is 0 Å². The van der Waals surface area contributed by atoms with Crippen molar-refractivity contribution in [3.63, 3.8) is 0 Å². The maximum absolute atomic E-state index is 3.80. The maximum Gasteiger partial charge on any atom is 2.00 e. The van der Waals surface area contributed by atoms with Gasteiger partial charge in [0.1, 0.15) is 0 Å². The van der Waals surface area contributed by atoms with E-state index in [1.54, 1.807) is 15.9 Å². The fourth-order valence-corrected chi connectivity index (χ4v) is 34.3. The van der Waals surface area contributed by atoms with Crippen LogP contribution in [0, 0.1) is 57.2 Å². The second-order valence-electron chi connectivity index (χ2n) is 34.1. The largest absolute Gasteiger partial charge is 2.00 e. The molecule has 6 atom stereocenters. The molecule has 9 heteroatoms. The van der Waals surface area contributed by atoms with Crippen LogP contribution >= 0.6 is 21.8 Å². The van der Waals surface area contributed by atoms with Gasteiger partial charge in [0.05, 0.1) is 72.1 Å². The second kappa shape index (κ2) is 39.9. The molecular weight excluding hydrogens is 2010 g/mol. The Morgan fingerprint density at radius 1 is 0.225 bits per heavy atom. The predicted octanol–water partition coefficient (Wildman–Crippen LogP) is 15.3. The van der Waals surface area contributed by atoms with Crippen molar-refractivity contribution < 1.29 is 127 Å². The Labute approximate surface area is 851 Å². The third-order valence-electron chi connectivity index (χ3n) is 26.9. The number of allylic oxidation sites excluding steroid dienone is 30. The van der Waals surface area contributed by atoms with Gasteiger partial charge >= 0.3 is 78.6 Å². The van der Waals surface area contributed by atoms with Crippen molar-refractivity contribution in [2.45, 2.75) is 74.8 Å². The summed E-state index contributed by atoms with van der Waals surface area (Å²) in [6, 6.07) is 101. The Hall–Kier alpha value is -8.79. The zero-order valence-electron chi connectivity index (χ0n) is 71.9. The molecule has 0 nitrogen and oxygen atoms in total. The Morgan fingerprint density at radius 3 is 0.636 bits per heavy atom. The molecule has 0 amide bonds. The van der Waals surface area contributed by atoms with Crippen LogP contribution in [0.15, 0.2) is 452 Å². The van der Waals surface area contributed by atoms with Gasteiger partial charge in [-0.3, -0.25) is 0 Å². The van der Waals surface area contributed by atoms with Gasteiger partial charge in [-0.05, 0) is 146 Å². The Kier molecular flexibility index (Phi) is 28.9. The molecule has 12 aromatic rings. The second-order valence-corrected chi connectivity index (χ2v) is 44.4. The van der Waals surface area contributed by atoms with Crippen molar-refractivity contribution in [1.82, 2.24) is 0 Å². The van der Waals surface area contributed by atoms with Crippen LogP contribution in [-0.4, -0.2) is 0 Å². The summed E-state index contributed by atoms with van der Waals surface area (Å²) in [5.41, 5.74) is 32.7. The summed E-state index contributed by atoms with van der Waals surface area (Å²) in [4.78, 5) is 0. The third kappa shape index (κ3) is 16.8. The first-order valence-electron chi connectivity index (χ1n) is 43.4. The van der Waals surface area contributed by atoms with Gasteiger partial charge in [-0.15, -0.1) is 246 Å². The summed E-state index contributed by atoms with van der Waals surface area (Å²) >= 11 is 0. The van der Waals surface area contributed by atoms with Crippen molar-refractivity contribution in [3.8, 4) is 0 Å². The summed E-state index contributed by atoms with van der Waals surface area (Å²) in [6.45, 7) is 6.38. The van der Waals surface area contributed by atoms with E-state index < -0.39 is 21.8 Å². The van der Waals surface area contributed by atoms with E-state index in [-0.39, 0.29) is 127 Å². The molecule has 0 saturated carbocycles. The number of hydrogen-bond acceptors (Lipinski definition) is 0. The van der Waals surface area contributed by atoms with E-state index in [0.29, 0.717) is 35.5 Å². The minimum absolute atomic E-state index is 0. The first kappa shape index (κ1) is 93.4. The topological polar surface area (TPSA) is 0 Å². The molecule has 618 valence electrons. The number of fused-ring (bicyclic) bond motifs is 24. The summed E-state index contributed by atoms with van der Waals surface area (Å²) in [5.74, 6) is 2.50. The molecule has 0 radical (unpaired) electrons. The van der Waals surface area contributed by atoms with Crippen LogP contribution < -0.4 is 96.5 Å². The summed E-state index contributed by atoms with van der Waals surface area (Å²) in [6.07, 6.45) is 77.5. The molecule has 0 N–H and O–H groups in total. The molecule has 3 heterocycles. The van der Waals surface area contributed by atoms with Gasteiger partial charge < -0.3 is 48.8 Å². The maximum atomic E-state index is 3.80. The minimum Gasteiger partial charge on any atom is -1.00 e. The number of hydrogen-bond donors (Lipinski definition) is 0. The van der Waals surface area contributed by atoms with E-state index in [1.165, 1.54) is 165 Å². The smallest absolute Gasteiger partial charge is 1.00 e. The van der Waals surface area contributed by atoms with Crippen LogP contribution in [0.25, 0.3) is 0 Å². The van der Waals surface area contributed by atoms with E-state index in [0.717, 1.165) is 18.5 Å². The van der Waals surface area contributed by atoms with E-state index in [2.05, 4.69) is 476 Å². The van der Waals surface area contributed by atoms with Gasteiger partial charge in [0.25, 0.3) is 0 Å². The Bertz CT molecular complexity index is 6170. The number of aryl methyl sites for hydroxylation is 3. The van der Waals surface area contributed by atoms with Crippen molar-refractivity contribution in [2.24, 2.45) is 0 Å². The zero-order chi connectivity index (χ0) is 82.2. The van der Waals surface area contributed by atoms with Crippen molar-refractivity contribution in [2.75, 3.05) is 0 Å². The molecule has 0 aromatic heterocycles. The first-order chi connectivity index (χ1) is 60.7. The molecule has 27 rings (SSSR count). The standard InChI is InChI=1S/3C26H19P.3C14H11.2ClH.HI.3Zr/c3*1-3-10-21(11-4-1)27(22-12-5-2-6-13-22)18-20-15-16-24-23-14-8-7-9-19(23)17-25(24)26(20)27;3*1-10-6-7-14-12(8-10)9-11-4-2-3-5-13(11)14;;;;;;/h3*1-16,23H,18H2;3*2-8,13H,1H3;3*1H;;;/q;;;3*-1;;;;3*+2/p-3. The van der Waals surface area contributed by atoms with Gasteiger partial charge in [0.2, 0.25) is 0 Å². The fourth-order valence-electron chi connectivity index (χ4n) is 21.0. The SMILES string of the molecule is Cc1ccc2c(c1)[C-]=C1C=CC=CC12.Cc1ccc2c(c1)[C-]=C1C=CC=CC12.Cc1ccc2c(c1)[C-]=C1C=CC=CC12.[C-]1=C2C=CC=CC2c2ccc3c(c21)[P+](c1ccccc1)(c1ccccc1)C3.[C-]1=C2C=CC=CC2c2ccc3c(c21)[P+](c1ccccc1)(c1ccccc1)C3.[C-]1=C2C=CC=CC2c2ccc3c(c21)[P+](c1ccccc1)(c1ccccc1)C3.[Cl-].[Cl-].[I-].[Zr+2].[Zr+2].[Zr+2]. The molecule has 3 aliphatic heterocycles. The van der Waals surface area contributed by atoms with Crippen LogP contribution in [0.1, 0.15) is 136 Å². The van der Waals surface area contributed by atoms with E-state index in [1.807, 2.05) is 0 Å². The fraction of sp³-hybridized carbons (Fsp3) is 0.100. The molecule has 6 unspecified atom stereocenters. The van der Waals surface area contributed by atoms with E-state index >= 15 is 0 Å². The quantitative estimate of drug-likeness (QED) is 0.0884. The molecule has 129 heavy (non-hydrogen) atoms. The summed E-state index contributed by atoms with van der Waals surface area (Å²) in [7, 11) is -4.75. The first-order valence-corrected chi connectivity index (χ1v) is 49.3. The summed E-state index contributed by atoms with van der Waals surface area (Å²) in [5, 5.41) is 13.7. The van der Waals surface area contributed by atoms with Crippen LogP contribution in [0.5, 0.6) is 0 Å². The predicted molar refractivity (Wildman–Crippen MR) is 521 cm³/mol. The molecule has 12 aromatic carbocycles. The number of benzene rings is 12. The van der Waals surface area contributed by atoms with Gasteiger partial charge in [-0.1, -0.05) is 253 Å². The zero-order valence-corrected chi connectivity index (χ0v) is 85.6. The number of rotatable bonds is 6. The van der Waals surface area contributed by atoms with E-state index in [4.69, 9.17) is 0 Å². The van der Waals surface area contributed by atoms with Crippen LogP contribution in [-0.2, 0) is 97.1 Å². The molecule has 0 saturated heterocycles. The van der Waals surface area contributed by atoms with Crippen molar-refractivity contribution in [1.29, 1.82) is 0 Å². The van der Waals surface area contributed by atoms with Crippen LogP contribution in [0.3, 0.4) is 0 Å². The van der Waals surface area contributed by atoms with Crippen LogP contribution in [0.4, 0.5) is 0 Å². The van der Waals surface area contributed by atoms with Crippen LogP contribution in [0.2, 0.25) is 0 Å². The molecule has 0 fully saturated rings. The van der Waals surface area contributed by atoms with Gasteiger partial charge in [0.15, 0.2) is 0 Å². The minimum atomic E-state index is -1.58. The summed E-state index contributed by atoms with van der Waals surface area (Å²) < 4.78 is 0.